The smallest absolute Gasteiger partial charge is 0.341 e. The van der Waals surface area contributed by atoms with E-state index in [0.29, 0.717) is 0 Å². The molecule has 0 aliphatic rings. The van der Waals surface area contributed by atoms with Crippen LogP contribution in [-0.4, -0.2) is 45.7 Å². The molecular weight excluding hydrogens is 326 g/mol. The van der Waals surface area contributed by atoms with Crippen LogP contribution in [0.15, 0.2) is 23.1 Å². The Morgan fingerprint density at radius 1 is 1.22 bits per heavy atom. The Morgan fingerprint density at radius 2 is 1.83 bits per heavy atom. The van der Waals surface area contributed by atoms with E-state index in [9.17, 15) is 18.0 Å². The second-order valence-electron chi connectivity index (χ2n) is 5.03. The number of aliphatic carboxylic acids is 1. The van der Waals surface area contributed by atoms with Gasteiger partial charge in [-0.1, -0.05) is 13.8 Å². The van der Waals surface area contributed by atoms with Crippen molar-refractivity contribution in [3.63, 3.8) is 0 Å². The van der Waals surface area contributed by atoms with Crippen LogP contribution < -0.4 is 9.46 Å². The first-order chi connectivity index (χ1) is 10.6. The van der Waals surface area contributed by atoms with E-state index >= 15 is 0 Å². The van der Waals surface area contributed by atoms with Gasteiger partial charge in [-0.2, -0.15) is 4.72 Å². The van der Waals surface area contributed by atoms with Gasteiger partial charge in [-0.25, -0.2) is 13.2 Å². The predicted octanol–water partition coefficient (Wildman–Crippen LogP) is 0.869. The molecule has 23 heavy (non-hydrogen) atoms. The minimum atomic E-state index is -4.13. The number of nitrogens with one attached hydrogen (secondary N) is 1. The van der Waals surface area contributed by atoms with Crippen molar-refractivity contribution in [2.75, 3.05) is 14.2 Å². The molecule has 1 aromatic rings. The van der Waals surface area contributed by atoms with Crippen LogP contribution in [0.3, 0.4) is 0 Å². The quantitative estimate of drug-likeness (QED) is 0.704. The zero-order valence-electron chi connectivity index (χ0n) is 13.2. The molecule has 0 bridgehead atoms. The summed E-state index contributed by atoms with van der Waals surface area (Å²) in [4.78, 5) is 22.6. The lowest BCUT2D eigenvalue weighted by Gasteiger charge is -2.18. The first kappa shape index (κ1) is 18.9. The van der Waals surface area contributed by atoms with Gasteiger partial charge in [0.2, 0.25) is 10.0 Å². The highest BCUT2D eigenvalue weighted by Crippen LogP contribution is 2.23. The van der Waals surface area contributed by atoms with Crippen LogP contribution in [0, 0.1) is 5.92 Å². The molecule has 1 atom stereocenters. The Morgan fingerprint density at radius 3 is 2.26 bits per heavy atom. The molecule has 0 spiro atoms. The number of carboxylic acid groups (broad SMARTS) is 1. The average molecular weight is 345 g/mol. The van der Waals surface area contributed by atoms with Crippen LogP contribution in [0.1, 0.15) is 24.2 Å². The van der Waals surface area contributed by atoms with Gasteiger partial charge in [0.25, 0.3) is 0 Å². The van der Waals surface area contributed by atoms with Crippen LogP contribution in [0.2, 0.25) is 0 Å². The molecule has 2 N–H and O–H groups in total. The minimum absolute atomic E-state index is 0.0747. The van der Waals surface area contributed by atoms with E-state index < -0.39 is 33.9 Å². The molecular formula is C14H19NO7S. The van der Waals surface area contributed by atoms with Crippen LogP contribution >= 0.6 is 0 Å². The van der Waals surface area contributed by atoms with Crippen LogP contribution in [0.5, 0.6) is 5.75 Å². The fourth-order valence-corrected chi connectivity index (χ4v) is 3.19. The number of hydrogen-bond donors (Lipinski definition) is 2. The first-order valence-electron chi connectivity index (χ1n) is 6.65. The first-order valence-corrected chi connectivity index (χ1v) is 8.13. The van der Waals surface area contributed by atoms with Crippen LogP contribution in [0.25, 0.3) is 0 Å². The second-order valence-corrected chi connectivity index (χ2v) is 6.75. The molecule has 0 aliphatic carbocycles. The lowest BCUT2D eigenvalue weighted by molar-refractivity contribution is -0.140. The fraction of sp³-hybridized carbons (Fsp3) is 0.429. The lowest BCUT2D eigenvalue weighted by Crippen LogP contribution is -2.44. The van der Waals surface area contributed by atoms with E-state index in [-0.39, 0.29) is 16.2 Å². The Labute approximate surface area is 134 Å². The number of carbonyl (C=O) groups is 2. The van der Waals surface area contributed by atoms with Crippen molar-refractivity contribution < 1.29 is 32.6 Å². The molecule has 0 radical (unpaired) electrons. The average Bonchev–Trinajstić information content (AvgIpc) is 2.50. The van der Waals surface area contributed by atoms with E-state index in [1.165, 1.54) is 19.2 Å². The third-order valence-electron chi connectivity index (χ3n) is 3.10. The van der Waals surface area contributed by atoms with Crippen molar-refractivity contribution >= 4 is 22.0 Å². The minimum Gasteiger partial charge on any atom is -0.496 e. The molecule has 0 aromatic heterocycles. The summed E-state index contributed by atoms with van der Waals surface area (Å²) in [5.74, 6) is -2.36. The topological polar surface area (TPSA) is 119 Å². The van der Waals surface area contributed by atoms with Crippen molar-refractivity contribution in [2.24, 2.45) is 5.92 Å². The van der Waals surface area contributed by atoms with Gasteiger partial charge in [-0.15, -0.1) is 0 Å². The molecule has 128 valence electrons. The number of methoxy groups -OCH3 is 2. The van der Waals surface area contributed by atoms with Crippen molar-refractivity contribution in [1.29, 1.82) is 0 Å². The van der Waals surface area contributed by atoms with Crippen molar-refractivity contribution in [2.45, 2.75) is 24.8 Å². The van der Waals surface area contributed by atoms with Gasteiger partial charge >= 0.3 is 11.9 Å². The number of rotatable bonds is 7. The number of sulfonamides is 1. The van der Waals surface area contributed by atoms with E-state index in [4.69, 9.17) is 9.84 Å². The highest BCUT2D eigenvalue weighted by atomic mass is 32.2. The zero-order valence-corrected chi connectivity index (χ0v) is 14.0. The SMILES string of the molecule is COC(=O)c1cc(S(=O)(=O)N[C@H](C(=O)O)C(C)C)ccc1OC. The predicted molar refractivity (Wildman–Crippen MR) is 80.9 cm³/mol. The van der Waals surface area contributed by atoms with Crippen LogP contribution in [0.4, 0.5) is 0 Å². The third kappa shape index (κ3) is 4.42. The number of benzene rings is 1. The van der Waals surface area contributed by atoms with E-state index in [1.807, 2.05) is 0 Å². The maximum Gasteiger partial charge on any atom is 0.341 e. The number of hydrogen-bond acceptors (Lipinski definition) is 6. The summed E-state index contributed by atoms with van der Waals surface area (Å²) in [6.45, 7) is 3.16. The maximum atomic E-state index is 12.3. The summed E-state index contributed by atoms with van der Waals surface area (Å²) in [6, 6.07) is 2.30. The monoisotopic (exact) mass is 345 g/mol. The lowest BCUT2D eigenvalue weighted by atomic mass is 10.1. The van der Waals surface area contributed by atoms with Gasteiger partial charge in [-0.3, -0.25) is 4.79 Å². The standard InChI is InChI=1S/C14H19NO7S/c1-8(2)12(13(16)17)15-23(19,20)9-5-6-11(21-3)10(7-9)14(18)22-4/h5-8,12,15H,1-4H3,(H,16,17)/t12-/m0/s1. The molecule has 0 unspecified atom stereocenters. The van der Waals surface area contributed by atoms with Gasteiger partial charge in [0.05, 0.1) is 19.1 Å². The third-order valence-corrected chi connectivity index (χ3v) is 4.54. The second kappa shape index (κ2) is 7.42. The Kier molecular flexibility index (Phi) is 6.11. The number of carboxylic acids is 1. The summed E-state index contributed by atoms with van der Waals surface area (Å²) < 4.78 is 36.4. The Hall–Kier alpha value is -2.13. The molecule has 1 rings (SSSR count). The molecule has 0 fully saturated rings. The Bertz CT molecular complexity index is 697. The number of carbonyl (C=O) groups excluding carboxylic acids is 1. The number of esters is 1. The molecule has 0 saturated carbocycles. The molecule has 9 heteroatoms. The zero-order chi connectivity index (χ0) is 17.8. The number of ether oxygens (including phenoxy) is 2. The summed E-state index contributed by atoms with van der Waals surface area (Å²) in [5, 5.41) is 9.10. The maximum absolute atomic E-state index is 12.3. The fourth-order valence-electron chi connectivity index (χ4n) is 1.83. The van der Waals surface area contributed by atoms with Crippen LogP contribution in [-0.2, 0) is 19.6 Å². The highest BCUT2D eigenvalue weighted by Gasteiger charge is 2.29. The molecule has 0 aliphatic heterocycles. The summed E-state index contributed by atoms with van der Waals surface area (Å²) >= 11 is 0. The summed E-state index contributed by atoms with van der Waals surface area (Å²) in [7, 11) is -1.65. The molecule has 0 saturated heterocycles. The van der Waals surface area contributed by atoms with Gasteiger partial charge in [0.15, 0.2) is 0 Å². The van der Waals surface area contributed by atoms with E-state index in [2.05, 4.69) is 9.46 Å². The van der Waals surface area contributed by atoms with Gasteiger partial charge < -0.3 is 14.6 Å². The van der Waals surface area contributed by atoms with Gasteiger partial charge in [-0.05, 0) is 24.1 Å². The summed E-state index contributed by atoms with van der Waals surface area (Å²) in [6.07, 6.45) is 0. The summed E-state index contributed by atoms with van der Waals surface area (Å²) in [5.41, 5.74) is -0.0747. The van der Waals surface area contributed by atoms with E-state index in [0.717, 1.165) is 13.2 Å². The normalized spacial score (nSPS) is 12.7. The van der Waals surface area contributed by atoms with Crippen molar-refractivity contribution in [3.05, 3.63) is 23.8 Å². The molecule has 8 nitrogen and oxygen atoms in total. The highest BCUT2D eigenvalue weighted by molar-refractivity contribution is 7.89. The molecule has 0 amide bonds. The molecule has 1 aromatic carbocycles. The van der Waals surface area contributed by atoms with E-state index in [1.54, 1.807) is 13.8 Å². The Balaban J connectivity index is 3.28. The van der Waals surface area contributed by atoms with Gasteiger partial charge in [0, 0.05) is 0 Å². The van der Waals surface area contributed by atoms with Crippen molar-refractivity contribution in [3.8, 4) is 5.75 Å². The van der Waals surface area contributed by atoms with Crippen molar-refractivity contribution in [1.82, 2.24) is 4.72 Å². The molecule has 0 heterocycles. The van der Waals surface area contributed by atoms with Gasteiger partial charge in [0.1, 0.15) is 17.4 Å². The largest absolute Gasteiger partial charge is 0.496 e.